The van der Waals surface area contributed by atoms with E-state index < -0.39 is 17.6 Å². The zero-order valence-electron chi connectivity index (χ0n) is 23.7. The van der Waals surface area contributed by atoms with Crippen LogP contribution < -0.4 is 16.0 Å². The molecule has 0 amide bonds. The molecule has 0 spiro atoms. The third-order valence-corrected chi connectivity index (χ3v) is 7.49. The third-order valence-electron chi connectivity index (χ3n) is 7.49. The number of nitrogens with zero attached hydrogens (tertiary/aromatic N) is 7. The van der Waals surface area contributed by atoms with Crippen LogP contribution in [0.2, 0.25) is 0 Å². The predicted octanol–water partition coefficient (Wildman–Crippen LogP) is 5.13. The topological polar surface area (TPSA) is 101 Å². The number of alkyl halides is 3. The maximum absolute atomic E-state index is 14.0. The van der Waals surface area contributed by atoms with Crippen molar-refractivity contribution < 1.29 is 17.6 Å². The van der Waals surface area contributed by atoms with E-state index in [1.54, 1.807) is 19.4 Å². The van der Waals surface area contributed by atoms with Gasteiger partial charge in [0.05, 0.1) is 16.8 Å². The summed E-state index contributed by atoms with van der Waals surface area (Å²) in [5, 5.41) is 3.00. The zero-order valence-corrected chi connectivity index (χ0v) is 23.7. The molecule has 1 aliphatic heterocycles. The number of hydrogen-bond acceptors (Lipinski definition) is 8. The van der Waals surface area contributed by atoms with E-state index in [1.165, 1.54) is 12.4 Å². The lowest BCUT2D eigenvalue weighted by molar-refractivity contribution is -0.139. The molecule has 0 atom stereocenters. The summed E-state index contributed by atoms with van der Waals surface area (Å²) < 4.78 is 56.2. The first kappa shape index (κ1) is 29.2. The molecule has 3 aromatic heterocycles. The highest BCUT2D eigenvalue weighted by molar-refractivity contribution is 5.84. The Morgan fingerprint density at radius 3 is 2.43 bits per heavy atom. The van der Waals surface area contributed by atoms with Crippen molar-refractivity contribution in [2.45, 2.75) is 31.5 Å². The number of piperidine rings is 1. The highest BCUT2D eigenvalue weighted by Crippen LogP contribution is 2.38. The molecule has 1 fully saturated rings. The molecule has 42 heavy (non-hydrogen) atoms. The minimum Gasteiger partial charge on any atom is -0.383 e. The number of nitrogen functional groups attached to an aromatic ring is 1. The van der Waals surface area contributed by atoms with E-state index in [-0.39, 0.29) is 11.5 Å². The van der Waals surface area contributed by atoms with Crippen LogP contribution >= 0.6 is 0 Å². The van der Waals surface area contributed by atoms with Crippen molar-refractivity contribution in [2.75, 3.05) is 56.7 Å². The van der Waals surface area contributed by atoms with Crippen molar-refractivity contribution in [2.24, 2.45) is 0 Å². The number of likely N-dealkylation sites (N-methyl/N-ethyl adjacent to an activating group) is 1. The number of benzene rings is 1. The smallest absolute Gasteiger partial charge is 0.383 e. The number of nitrogens with one attached hydrogen (secondary N) is 1. The molecule has 3 N–H and O–H groups in total. The lowest BCUT2D eigenvalue weighted by atomic mass is 9.95. The molecule has 1 saturated heterocycles. The van der Waals surface area contributed by atoms with Gasteiger partial charge in [-0.05, 0) is 57.3 Å². The van der Waals surface area contributed by atoms with Crippen LogP contribution in [0.15, 0.2) is 49.1 Å². The van der Waals surface area contributed by atoms with Crippen LogP contribution in [0.25, 0.3) is 22.4 Å². The Hall–Kier alpha value is -4.26. The Labute approximate surface area is 241 Å². The third kappa shape index (κ3) is 6.15. The summed E-state index contributed by atoms with van der Waals surface area (Å²) in [6.07, 6.45) is 1.65. The number of imidazole rings is 1. The lowest BCUT2D eigenvalue weighted by Crippen LogP contribution is -2.35. The molecule has 222 valence electrons. The van der Waals surface area contributed by atoms with E-state index >= 15 is 0 Å². The van der Waals surface area contributed by atoms with Crippen LogP contribution in [0.4, 0.5) is 35.0 Å². The van der Waals surface area contributed by atoms with Crippen molar-refractivity contribution >= 4 is 17.5 Å². The van der Waals surface area contributed by atoms with E-state index in [9.17, 15) is 17.6 Å². The standard InChI is InChI=1S/C29H33F4N9/c1-35-24-7-5-20(15-36-24)25-26(34)37-17-38-28(25)41-10-8-18(9-11-41)27-39-23(16-42(27)13-12-40(2)3)19-4-6-22(30)21(14-19)29(31,32)33/h4-7,14-18H,8-13H2,1-3H3,(H,35,36)(H2,34,37,38). The van der Waals surface area contributed by atoms with Crippen LogP contribution in [0.3, 0.4) is 0 Å². The summed E-state index contributed by atoms with van der Waals surface area (Å²) in [5.74, 6) is 1.39. The number of halogens is 4. The molecule has 4 heterocycles. The highest BCUT2D eigenvalue weighted by Gasteiger charge is 2.35. The zero-order chi connectivity index (χ0) is 30.0. The Balaban J connectivity index is 1.41. The molecule has 13 heteroatoms. The van der Waals surface area contributed by atoms with E-state index in [0.29, 0.717) is 31.1 Å². The Morgan fingerprint density at radius 2 is 1.79 bits per heavy atom. The Bertz CT molecular complexity index is 1530. The largest absolute Gasteiger partial charge is 0.419 e. The number of hydrogen-bond donors (Lipinski definition) is 2. The summed E-state index contributed by atoms with van der Waals surface area (Å²) in [5.41, 5.74) is 7.15. The fourth-order valence-corrected chi connectivity index (χ4v) is 5.23. The van der Waals surface area contributed by atoms with E-state index in [4.69, 9.17) is 10.7 Å². The number of rotatable bonds is 8. The van der Waals surface area contributed by atoms with Crippen molar-refractivity contribution in [3.05, 3.63) is 66.3 Å². The van der Waals surface area contributed by atoms with Crippen molar-refractivity contribution in [3.63, 3.8) is 0 Å². The molecular formula is C29H33F4N9. The molecule has 0 aliphatic carbocycles. The summed E-state index contributed by atoms with van der Waals surface area (Å²) in [4.78, 5) is 22.2. The second-order valence-electron chi connectivity index (χ2n) is 10.6. The summed E-state index contributed by atoms with van der Waals surface area (Å²) in [7, 11) is 5.71. The maximum Gasteiger partial charge on any atom is 0.419 e. The fraction of sp³-hybridized carbons (Fsp3) is 0.379. The molecule has 4 aromatic rings. The molecule has 1 aliphatic rings. The van der Waals surface area contributed by atoms with Gasteiger partial charge in [-0.3, -0.25) is 0 Å². The average molecular weight is 584 g/mol. The second-order valence-corrected chi connectivity index (χ2v) is 10.6. The molecule has 1 aromatic carbocycles. The van der Waals surface area contributed by atoms with Crippen molar-refractivity contribution in [1.82, 2.24) is 29.4 Å². The first-order valence-corrected chi connectivity index (χ1v) is 13.6. The monoisotopic (exact) mass is 583 g/mol. The fourth-order valence-electron chi connectivity index (χ4n) is 5.23. The van der Waals surface area contributed by atoms with Crippen molar-refractivity contribution in [3.8, 4) is 22.4 Å². The van der Waals surface area contributed by atoms with Gasteiger partial charge in [-0.2, -0.15) is 13.2 Å². The van der Waals surface area contributed by atoms with E-state index in [0.717, 1.165) is 60.1 Å². The van der Waals surface area contributed by atoms with Crippen LogP contribution in [-0.2, 0) is 12.7 Å². The van der Waals surface area contributed by atoms with Crippen LogP contribution in [0, 0.1) is 5.82 Å². The van der Waals surface area contributed by atoms with E-state index in [2.05, 4.69) is 25.2 Å². The summed E-state index contributed by atoms with van der Waals surface area (Å²) in [6.45, 7) is 2.68. The van der Waals surface area contributed by atoms with Gasteiger partial charge in [-0.15, -0.1) is 0 Å². The number of nitrogens with two attached hydrogens (primary N) is 1. The summed E-state index contributed by atoms with van der Waals surface area (Å²) >= 11 is 0. The first-order valence-electron chi connectivity index (χ1n) is 13.6. The normalized spacial score (nSPS) is 14.5. The number of aromatic nitrogens is 5. The van der Waals surface area contributed by atoms with Crippen LogP contribution in [0.5, 0.6) is 0 Å². The Morgan fingerprint density at radius 1 is 1.05 bits per heavy atom. The van der Waals surface area contributed by atoms with Crippen molar-refractivity contribution in [1.29, 1.82) is 0 Å². The maximum atomic E-state index is 14.0. The van der Waals surface area contributed by atoms with Gasteiger partial charge in [0.15, 0.2) is 0 Å². The Kier molecular flexibility index (Phi) is 8.30. The van der Waals surface area contributed by atoms with Gasteiger partial charge in [0.25, 0.3) is 0 Å². The quantitative estimate of drug-likeness (QED) is 0.276. The molecule has 0 unspecified atom stereocenters. The van der Waals surface area contributed by atoms with Gasteiger partial charge >= 0.3 is 6.18 Å². The van der Waals surface area contributed by atoms with Crippen LogP contribution in [0.1, 0.15) is 30.1 Å². The minimum absolute atomic E-state index is 0.0684. The van der Waals surface area contributed by atoms with Gasteiger partial charge < -0.3 is 25.4 Å². The van der Waals surface area contributed by atoms with Gasteiger partial charge in [-0.25, -0.2) is 24.3 Å². The number of anilines is 3. The molecule has 0 radical (unpaired) electrons. The van der Waals surface area contributed by atoms with Gasteiger partial charge in [0.2, 0.25) is 0 Å². The molecule has 0 saturated carbocycles. The molecular weight excluding hydrogens is 550 g/mol. The molecule has 9 nitrogen and oxygen atoms in total. The number of pyridine rings is 1. The molecule has 5 rings (SSSR count). The summed E-state index contributed by atoms with van der Waals surface area (Å²) in [6, 6.07) is 6.81. The predicted molar refractivity (Wildman–Crippen MR) is 155 cm³/mol. The minimum atomic E-state index is -4.79. The SMILES string of the molecule is CNc1ccc(-c2c(N)ncnc2N2CCC(c3nc(-c4ccc(F)c(C(F)(F)F)c4)cn3CCN(C)C)CC2)cn1. The second kappa shape index (κ2) is 11.9. The highest BCUT2D eigenvalue weighted by atomic mass is 19.4. The molecule has 0 bridgehead atoms. The van der Waals surface area contributed by atoms with Gasteiger partial charge in [0.1, 0.15) is 35.4 Å². The van der Waals surface area contributed by atoms with E-state index in [1.807, 2.05) is 35.7 Å². The lowest BCUT2D eigenvalue weighted by Gasteiger charge is -2.34. The van der Waals surface area contributed by atoms with Crippen LogP contribution in [-0.4, -0.2) is 70.2 Å². The first-order chi connectivity index (χ1) is 20.0. The van der Waals surface area contributed by atoms with Gasteiger partial charge in [-0.1, -0.05) is 0 Å². The van der Waals surface area contributed by atoms with Gasteiger partial charge in [0, 0.05) is 62.7 Å². The average Bonchev–Trinajstić information content (AvgIpc) is 3.40.